The fraction of sp³-hybridized carbons (Fsp3) is 0.900. The molecule has 0 bridgehead atoms. The van der Waals surface area contributed by atoms with E-state index in [0.29, 0.717) is 0 Å². The van der Waals surface area contributed by atoms with E-state index < -0.39 is 0 Å². The quantitative estimate of drug-likeness (QED) is 0.704. The van der Waals surface area contributed by atoms with Gasteiger partial charge in [-0.1, -0.05) is 13.8 Å². The molecule has 4 heteroatoms. The highest BCUT2D eigenvalue weighted by Crippen LogP contribution is 2.07. The number of hydrogen-bond donors (Lipinski definition) is 2. The van der Waals surface area contributed by atoms with E-state index in [2.05, 4.69) is 5.32 Å². The molecule has 0 saturated heterocycles. The van der Waals surface area contributed by atoms with Gasteiger partial charge in [0.15, 0.2) is 0 Å². The lowest BCUT2D eigenvalue weighted by Gasteiger charge is -2.21. The van der Waals surface area contributed by atoms with Crippen LogP contribution in [0.4, 0.5) is 0 Å². The summed E-state index contributed by atoms with van der Waals surface area (Å²) in [5.41, 5.74) is 0. The highest BCUT2D eigenvalue weighted by atomic mass is 32.2. The van der Waals surface area contributed by atoms with Crippen molar-refractivity contribution in [3.63, 3.8) is 0 Å². The molecule has 0 aliphatic rings. The van der Waals surface area contributed by atoms with Gasteiger partial charge >= 0.3 is 0 Å². The second kappa shape index (κ2) is 7.12. The first-order chi connectivity index (χ1) is 6.52. The number of nitrogens with one attached hydrogen (secondary N) is 1. The minimum atomic E-state index is 0.0387. The monoisotopic (exact) mass is 219 g/mol. The third kappa shape index (κ3) is 4.86. The molecule has 1 amide bonds. The van der Waals surface area contributed by atoms with Crippen LogP contribution in [-0.2, 0) is 4.79 Å². The number of aliphatic hydroxyl groups excluding tert-OH is 1. The zero-order valence-electron chi connectivity index (χ0n) is 9.41. The number of thioether (sulfide) groups is 1. The van der Waals surface area contributed by atoms with E-state index in [-0.39, 0.29) is 30.4 Å². The number of carbonyl (C=O) groups excluding carboxylic acids is 1. The number of hydrogen-bond acceptors (Lipinski definition) is 3. The van der Waals surface area contributed by atoms with Gasteiger partial charge in [-0.2, -0.15) is 11.8 Å². The van der Waals surface area contributed by atoms with Crippen molar-refractivity contribution >= 4 is 17.7 Å². The normalized spacial score (nSPS) is 17.2. The molecule has 3 nitrogen and oxygen atoms in total. The van der Waals surface area contributed by atoms with E-state index in [9.17, 15) is 4.79 Å². The summed E-state index contributed by atoms with van der Waals surface area (Å²) in [5.74, 6) is 1.07. The summed E-state index contributed by atoms with van der Waals surface area (Å²) in [6, 6.07) is 0.0387. The lowest BCUT2D eigenvalue weighted by atomic mass is 10.0. The summed E-state index contributed by atoms with van der Waals surface area (Å²) in [5, 5.41) is 11.8. The summed E-state index contributed by atoms with van der Waals surface area (Å²) in [7, 11) is 0. The molecule has 0 aromatic carbocycles. The molecule has 0 spiro atoms. The third-order valence-corrected chi connectivity index (χ3v) is 3.21. The van der Waals surface area contributed by atoms with Crippen LogP contribution in [0.1, 0.15) is 20.8 Å². The number of rotatable bonds is 6. The Morgan fingerprint density at radius 1 is 1.43 bits per heavy atom. The van der Waals surface area contributed by atoms with E-state index in [4.69, 9.17) is 5.11 Å². The van der Waals surface area contributed by atoms with E-state index in [1.54, 1.807) is 11.8 Å². The van der Waals surface area contributed by atoms with Gasteiger partial charge in [0.2, 0.25) is 5.91 Å². The largest absolute Gasteiger partial charge is 0.396 e. The molecule has 0 saturated carbocycles. The van der Waals surface area contributed by atoms with Gasteiger partial charge in [-0.05, 0) is 19.1 Å². The van der Waals surface area contributed by atoms with Gasteiger partial charge in [0, 0.05) is 24.3 Å². The molecule has 0 fully saturated rings. The van der Waals surface area contributed by atoms with Crippen molar-refractivity contribution in [2.24, 2.45) is 11.8 Å². The average Bonchev–Trinajstić information content (AvgIpc) is 2.16. The van der Waals surface area contributed by atoms with Gasteiger partial charge < -0.3 is 10.4 Å². The Morgan fingerprint density at radius 2 is 2.00 bits per heavy atom. The molecule has 0 aromatic heterocycles. The van der Waals surface area contributed by atoms with Crippen LogP contribution in [0.3, 0.4) is 0 Å². The number of amides is 1. The Labute approximate surface area is 90.7 Å². The number of carbonyl (C=O) groups is 1. The molecular formula is C10H21NO2S. The fourth-order valence-corrected chi connectivity index (χ4v) is 1.64. The Kier molecular flexibility index (Phi) is 7.01. The molecule has 0 aromatic rings. The average molecular weight is 219 g/mol. The van der Waals surface area contributed by atoms with Gasteiger partial charge in [0.1, 0.15) is 0 Å². The van der Waals surface area contributed by atoms with Crippen LogP contribution in [0, 0.1) is 11.8 Å². The molecule has 2 N–H and O–H groups in total. The van der Waals surface area contributed by atoms with Crippen LogP contribution >= 0.6 is 11.8 Å². The predicted octanol–water partition coefficient (Wildman–Crippen LogP) is 1.12. The van der Waals surface area contributed by atoms with Gasteiger partial charge in [0.05, 0.1) is 0 Å². The van der Waals surface area contributed by atoms with E-state index in [0.717, 1.165) is 5.75 Å². The highest BCUT2D eigenvalue weighted by molar-refractivity contribution is 7.98. The second-order valence-electron chi connectivity index (χ2n) is 3.81. The van der Waals surface area contributed by atoms with Crippen LogP contribution in [0.5, 0.6) is 0 Å². The molecule has 3 atom stereocenters. The molecular weight excluding hydrogens is 198 g/mol. The fourth-order valence-electron chi connectivity index (χ4n) is 0.993. The maximum absolute atomic E-state index is 11.6. The van der Waals surface area contributed by atoms with Crippen molar-refractivity contribution < 1.29 is 9.90 Å². The van der Waals surface area contributed by atoms with Crippen molar-refractivity contribution in [2.75, 3.05) is 18.6 Å². The summed E-state index contributed by atoms with van der Waals surface area (Å²) in [4.78, 5) is 11.6. The minimum Gasteiger partial charge on any atom is -0.396 e. The Hall–Kier alpha value is -0.220. The van der Waals surface area contributed by atoms with Gasteiger partial charge in [-0.15, -0.1) is 0 Å². The van der Waals surface area contributed by atoms with E-state index in [1.807, 2.05) is 27.0 Å². The summed E-state index contributed by atoms with van der Waals surface area (Å²) in [6.07, 6.45) is 1.99. The molecule has 84 valence electrons. The van der Waals surface area contributed by atoms with Gasteiger partial charge in [-0.3, -0.25) is 4.79 Å². The second-order valence-corrected chi connectivity index (χ2v) is 4.72. The zero-order valence-corrected chi connectivity index (χ0v) is 10.2. The van der Waals surface area contributed by atoms with Crippen LogP contribution in [-0.4, -0.2) is 35.7 Å². The van der Waals surface area contributed by atoms with Gasteiger partial charge in [0.25, 0.3) is 0 Å². The van der Waals surface area contributed by atoms with Crippen molar-refractivity contribution in [2.45, 2.75) is 26.8 Å². The highest BCUT2D eigenvalue weighted by Gasteiger charge is 2.17. The van der Waals surface area contributed by atoms with Gasteiger partial charge in [-0.25, -0.2) is 0 Å². The Bertz CT molecular complexity index is 176. The maximum atomic E-state index is 11.6. The van der Waals surface area contributed by atoms with Crippen LogP contribution in [0.15, 0.2) is 0 Å². The van der Waals surface area contributed by atoms with Crippen LogP contribution in [0.2, 0.25) is 0 Å². The maximum Gasteiger partial charge on any atom is 0.223 e. The number of aliphatic hydroxyl groups is 1. The molecule has 3 unspecified atom stereocenters. The van der Waals surface area contributed by atoms with Crippen LogP contribution in [0.25, 0.3) is 0 Å². The Morgan fingerprint density at radius 3 is 2.43 bits per heavy atom. The van der Waals surface area contributed by atoms with E-state index >= 15 is 0 Å². The lowest BCUT2D eigenvalue weighted by Crippen LogP contribution is -2.41. The molecule has 0 aliphatic heterocycles. The van der Waals surface area contributed by atoms with E-state index in [1.165, 1.54) is 0 Å². The summed E-state index contributed by atoms with van der Waals surface area (Å²) >= 11 is 1.67. The first-order valence-corrected chi connectivity index (χ1v) is 6.32. The topological polar surface area (TPSA) is 49.3 Å². The molecule has 0 rings (SSSR count). The van der Waals surface area contributed by atoms with Crippen molar-refractivity contribution in [1.29, 1.82) is 0 Å². The summed E-state index contributed by atoms with van der Waals surface area (Å²) < 4.78 is 0. The molecule has 0 radical (unpaired) electrons. The minimum absolute atomic E-state index is 0.0387. The third-order valence-electron chi connectivity index (χ3n) is 2.38. The first kappa shape index (κ1) is 13.8. The van der Waals surface area contributed by atoms with Crippen LogP contribution < -0.4 is 5.32 Å². The van der Waals surface area contributed by atoms with Crippen molar-refractivity contribution in [1.82, 2.24) is 5.32 Å². The SMILES string of the molecule is CSCC(C)C(=O)NC(C)C(C)CO. The standard InChI is InChI=1S/C10H21NO2S/c1-7(5-12)9(3)11-10(13)8(2)6-14-4/h7-9,12H,5-6H2,1-4H3,(H,11,13). The predicted molar refractivity (Wildman–Crippen MR) is 61.4 cm³/mol. The molecule has 14 heavy (non-hydrogen) atoms. The smallest absolute Gasteiger partial charge is 0.223 e. The van der Waals surface area contributed by atoms with Crippen molar-refractivity contribution in [3.05, 3.63) is 0 Å². The first-order valence-electron chi connectivity index (χ1n) is 4.93. The molecule has 0 aliphatic carbocycles. The zero-order chi connectivity index (χ0) is 11.1. The Balaban J connectivity index is 3.92. The summed E-state index contributed by atoms with van der Waals surface area (Å²) in [6.45, 7) is 5.87. The van der Waals surface area contributed by atoms with Crippen molar-refractivity contribution in [3.8, 4) is 0 Å². The molecule has 0 heterocycles. The lowest BCUT2D eigenvalue weighted by molar-refractivity contribution is -0.124.